The fourth-order valence-corrected chi connectivity index (χ4v) is 4.12. The van der Waals surface area contributed by atoms with E-state index in [4.69, 9.17) is 9.47 Å². The first-order chi connectivity index (χ1) is 12.6. The van der Waals surface area contributed by atoms with E-state index < -0.39 is 6.10 Å². The Hall–Kier alpha value is -2.38. The van der Waals surface area contributed by atoms with Gasteiger partial charge in [0.1, 0.15) is 18.0 Å². The summed E-state index contributed by atoms with van der Waals surface area (Å²) in [5.74, 6) is 0.373. The van der Waals surface area contributed by atoms with Crippen molar-refractivity contribution in [2.75, 3.05) is 25.1 Å². The van der Waals surface area contributed by atoms with Crippen LogP contribution >= 0.6 is 11.3 Å². The van der Waals surface area contributed by atoms with Gasteiger partial charge in [0, 0.05) is 25.6 Å². The van der Waals surface area contributed by atoms with E-state index in [2.05, 4.69) is 9.88 Å². The lowest BCUT2D eigenvalue weighted by Gasteiger charge is -2.35. The van der Waals surface area contributed by atoms with E-state index in [0.717, 1.165) is 21.9 Å². The van der Waals surface area contributed by atoms with Crippen molar-refractivity contribution in [1.82, 2.24) is 4.98 Å². The molecule has 2 aromatic carbocycles. The minimum atomic E-state index is -0.675. The number of aromatic nitrogens is 1. The fraction of sp³-hybridized carbons (Fsp3) is 0.316. The van der Waals surface area contributed by atoms with Gasteiger partial charge in [-0.25, -0.2) is 9.37 Å². The fourth-order valence-electron chi connectivity index (χ4n) is 3.12. The molecule has 26 heavy (non-hydrogen) atoms. The van der Waals surface area contributed by atoms with Crippen LogP contribution in [0.25, 0.3) is 10.2 Å². The number of piperidine rings is 1. The molecule has 0 spiro atoms. The maximum absolute atomic E-state index is 13.3. The first-order valence-electron chi connectivity index (χ1n) is 8.43. The van der Waals surface area contributed by atoms with Crippen LogP contribution in [-0.4, -0.2) is 42.5 Å². The number of rotatable bonds is 4. The van der Waals surface area contributed by atoms with E-state index in [1.807, 2.05) is 24.3 Å². The van der Waals surface area contributed by atoms with E-state index in [9.17, 15) is 9.50 Å². The van der Waals surface area contributed by atoms with E-state index in [0.29, 0.717) is 24.5 Å². The molecular formula is C19H19FN2O3S. The van der Waals surface area contributed by atoms with Crippen LogP contribution in [0.2, 0.25) is 0 Å². The molecule has 136 valence electrons. The number of ether oxygens (including phenoxy) is 2. The summed E-state index contributed by atoms with van der Waals surface area (Å²) in [6.45, 7) is 1.17. The number of fused-ring (bicyclic) bond motifs is 1. The Labute approximate surface area is 154 Å². The van der Waals surface area contributed by atoms with Gasteiger partial charge < -0.3 is 19.5 Å². The van der Waals surface area contributed by atoms with E-state index >= 15 is 0 Å². The number of benzene rings is 2. The summed E-state index contributed by atoms with van der Waals surface area (Å²) in [5, 5.41) is 11.5. The number of hydrogen-bond acceptors (Lipinski definition) is 6. The van der Waals surface area contributed by atoms with Crippen LogP contribution < -0.4 is 14.4 Å². The number of para-hydroxylation sites is 1. The van der Waals surface area contributed by atoms with E-state index in [1.54, 1.807) is 11.3 Å². The van der Waals surface area contributed by atoms with Gasteiger partial charge in [0.25, 0.3) is 0 Å². The molecule has 0 unspecified atom stereocenters. The molecule has 0 radical (unpaired) electrons. The lowest BCUT2D eigenvalue weighted by molar-refractivity contribution is 0.0228. The molecule has 0 amide bonds. The molecule has 0 bridgehead atoms. The van der Waals surface area contributed by atoms with E-state index in [-0.39, 0.29) is 11.9 Å². The summed E-state index contributed by atoms with van der Waals surface area (Å²) in [6.07, 6.45) is -0.414. The summed E-state index contributed by atoms with van der Waals surface area (Å²) in [7, 11) is 1.47. The summed E-state index contributed by atoms with van der Waals surface area (Å²) in [4.78, 5) is 6.73. The summed E-state index contributed by atoms with van der Waals surface area (Å²) in [5.41, 5.74) is 0.969. The Balaban J connectivity index is 1.46. The summed E-state index contributed by atoms with van der Waals surface area (Å²) in [6, 6.07) is 12.1. The second-order valence-corrected chi connectivity index (χ2v) is 7.23. The molecule has 4 rings (SSSR count). The average molecular weight is 374 g/mol. The number of halogens is 1. The smallest absolute Gasteiger partial charge is 0.186 e. The standard InChI is InChI=1S/C19H19FN2O3S/c1-24-17-10-12(20)6-7-16(17)25-15-8-9-22(11-14(15)23)19-21-13-4-2-3-5-18(13)26-19/h2-7,10,14-15,23H,8-9,11H2,1H3/t14-,15-/m1/s1. The van der Waals surface area contributed by atoms with Crippen LogP contribution in [0.3, 0.4) is 0 Å². The van der Waals surface area contributed by atoms with Crippen molar-refractivity contribution in [1.29, 1.82) is 0 Å². The molecule has 1 saturated heterocycles. The van der Waals surface area contributed by atoms with Crippen LogP contribution in [0.1, 0.15) is 6.42 Å². The second kappa shape index (κ2) is 7.09. The topological polar surface area (TPSA) is 54.8 Å². The zero-order valence-corrected chi connectivity index (χ0v) is 15.1. The van der Waals surface area contributed by atoms with Gasteiger partial charge >= 0.3 is 0 Å². The lowest BCUT2D eigenvalue weighted by atomic mass is 10.1. The minimum absolute atomic E-state index is 0.325. The summed E-state index contributed by atoms with van der Waals surface area (Å²) >= 11 is 1.62. The molecule has 1 aliphatic rings. The van der Waals surface area contributed by atoms with Gasteiger partial charge in [0.05, 0.1) is 17.3 Å². The number of methoxy groups -OCH3 is 1. The zero-order chi connectivity index (χ0) is 18.1. The Morgan fingerprint density at radius 3 is 2.85 bits per heavy atom. The quantitative estimate of drug-likeness (QED) is 0.758. The molecule has 1 aliphatic heterocycles. The maximum Gasteiger partial charge on any atom is 0.186 e. The van der Waals surface area contributed by atoms with Gasteiger partial charge in [-0.2, -0.15) is 0 Å². The maximum atomic E-state index is 13.3. The van der Waals surface area contributed by atoms with Crippen LogP contribution in [-0.2, 0) is 0 Å². The van der Waals surface area contributed by atoms with Crippen molar-refractivity contribution in [3.8, 4) is 11.5 Å². The van der Waals surface area contributed by atoms with Gasteiger partial charge in [-0.1, -0.05) is 23.5 Å². The van der Waals surface area contributed by atoms with Crippen LogP contribution in [0.4, 0.5) is 9.52 Å². The van der Waals surface area contributed by atoms with Crippen molar-refractivity contribution < 1.29 is 19.0 Å². The Morgan fingerprint density at radius 1 is 1.23 bits per heavy atom. The third kappa shape index (κ3) is 3.32. The molecule has 7 heteroatoms. The SMILES string of the molecule is COc1cc(F)ccc1O[C@@H]1CCN(c2nc3ccccc3s2)C[C@H]1O. The minimum Gasteiger partial charge on any atom is -0.493 e. The van der Waals surface area contributed by atoms with Gasteiger partial charge in [-0.05, 0) is 24.3 Å². The highest BCUT2D eigenvalue weighted by molar-refractivity contribution is 7.22. The molecular weight excluding hydrogens is 355 g/mol. The predicted octanol–water partition coefficient (Wildman–Crippen LogP) is 3.46. The number of β-amino-alcohol motifs (C(OH)–C–C–N with tert-alkyl or cyclic N) is 1. The van der Waals surface area contributed by atoms with Crippen LogP contribution in [0.5, 0.6) is 11.5 Å². The van der Waals surface area contributed by atoms with Crippen LogP contribution in [0.15, 0.2) is 42.5 Å². The number of thiazole rings is 1. The molecule has 0 saturated carbocycles. The number of aliphatic hydroxyl groups is 1. The van der Waals surface area contributed by atoms with Gasteiger partial charge in [0.2, 0.25) is 0 Å². The molecule has 5 nitrogen and oxygen atoms in total. The second-order valence-electron chi connectivity index (χ2n) is 6.22. The van der Waals surface area contributed by atoms with Gasteiger partial charge in [-0.15, -0.1) is 0 Å². The van der Waals surface area contributed by atoms with E-state index in [1.165, 1.54) is 25.3 Å². The average Bonchev–Trinajstić information content (AvgIpc) is 3.08. The van der Waals surface area contributed by atoms with Crippen molar-refractivity contribution in [3.05, 3.63) is 48.3 Å². The van der Waals surface area contributed by atoms with Crippen molar-refractivity contribution in [2.24, 2.45) is 0 Å². The third-order valence-electron chi connectivity index (χ3n) is 4.48. The Bertz CT molecular complexity index is 884. The van der Waals surface area contributed by atoms with Crippen molar-refractivity contribution in [3.63, 3.8) is 0 Å². The normalized spacial score (nSPS) is 20.3. The zero-order valence-electron chi connectivity index (χ0n) is 14.3. The largest absolute Gasteiger partial charge is 0.493 e. The molecule has 1 N–H and O–H groups in total. The molecule has 3 aromatic rings. The Kier molecular flexibility index (Phi) is 4.65. The first kappa shape index (κ1) is 17.1. The Morgan fingerprint density at radius 2 is 2.08 bits per heavy atom. The lowest BCUT2D eigenvalue weighted by Crippen LogP contribution is -2.49. The molecule has 1 fully saturated rings. The molecule has 0 aliphatic carbocycles. The van der Waals surface area contributed by atoms with Crippen LogP contribution in [0, 0.1) is 5.82 Å². The third-order valence-corrected chi connectivity index (χ3v) is 5.57. The van der Waals surface area contributed by atoms with Gasteiger partial charge in [-0.3, -0.25) is 0 Å². The number of aliphatic hydroxyl groups excluding tert-OH is 1. The molecule has 1 aromatic heterocycles. The monoisotopic (exact) mass is 374 g/mol. The highest BCUT2D eigenvalue weighted by atomic mass is 32.1. The van der Waals surface area contributed by atoms with Gasteiger partial charge in [0.15, 0.2) is 16.6 Å². The number of nitrogens with zero attached hydrogens (tertiary/aromatic N) is 2. The number of hydrogen-bond donors (Lipinski definition) is 1. The summed E-state index contributed by atoms with van der Waals surface area (Å²) < 4.78 is 25.5. The van der Waals surface area contributed by atoms with Crippen molar-refractivity contribution in [2.45, 2.75) is 18.6 Å². The first-order valence-corrected chi connectivity index (χ1v) is 9.24. The molecule has 2 atom stereocenters. The van der Waals surface area contributed by atoms with Crippen molar-refractivity contribution >= 4 is 26.7 Å². The highest BCUT2D eigenvalue weighted by Gasteiger charge is 2.31. The predicted molar refractivity (Wildman–Crippen MR) is 99.8 cm³/mol. The highest BCUT2D eigenvalue weighted by Crippen LogP contribution is 2.33. The number of anilines is 1. The molecule has 2 heterocycles.